The predicted octanol–water partition coefficient (Wildman–Crippen LogP) is 3.79. The largest absolute Gasteiger partial charge is 0.416 e. The number of alkyl halides is 3. The van der Waals surface area contributed by atoms with Crippen LogP contribution in [0.2, 0.25) is 0 Å². The molecule has 1 N–H and O–H groups in total. The maximum absolute atomic E-state index is 12.6. The quantitative estimate of drug-likeness (QED) is 0.858. The van der Waals surface area contributed by atoms with Crippen molar-refractivity contribution in [1.29, 1.82) is 0 Å². The van der Waals surface area contributed by atoms with Crippen LogP contribution in [0, 0.1) is 5.92 Å². The molecule has 1 aromatic carbocycles. The molecule has 1 aliphatic rings. The SMILES string of the molecule is CC(C)CC1C(=O)Nc2ccc(C(F)(F)F)cc21. The molecule has 0 spiro atoms. The summed E-state index contributed by atoms with van der Waals surface area (Å²) < 4.78 is 37.9. The van der Waals surface area contributed by atoms with Crippen molar-refractivity contribution >= 4 is 11.6 Å². The Balaban J connectivity index is 2.40. The molecule has 0 bridgehead atoms. The standard InChI is InChI=1S/C13H14F3NO/c1-7(2)5-10-9-6-8(13(14,15)16)3-4-11(9)17-12(10)18/h3-4,6-7,10H,5H2,1-2H3,(H,17,18). The lowest BCUT2D eigenvalue weighted by molar-refractivity contribution is -0.137. The van der Waals surface area contributed by atoms with Crippen molar-refractivity contribution in [2.24, 2.45) is 5.92 Å². The van der Waals surface area contributed by atoms with Crippen molar-refractivity contribution in [3.63, 3.8) is 0 Å². The molecule has 0 radical (unpaired) electrons. The number of amides is 1. The average Bonchev–Trinajstić information content (AvgIpc) is 2.53. The van der Waals surface area contributed by atoms with E-state index in [0.717, 1.165) is 12.1 Å². The summed E-state index contributed by atoms with van der Waals surface area (Å²) in [6.45, 7) is 3.89. The normalized spacial score (nSPS) is 19.0. The smallest absolute Gasteiger partial charge is 0.325 e. The fraction of sp³-hybridized carbons (Fsp3) is 0.462. The van der Waals surface area contributed by atoms with Crippen molar-refractivity contribution < 1.29 is 18.0 Å². The number of carbonyl (C=O) groups is 1. The van der Waals surface area contributed by atoms with Gasteiger partial charge in [0.05, 0.1) is 11.5 Å². The maximum atomic E-state index is 12.6. The zero-order valence-corrected chi connectivity index (χ0v) is 10.1. The van der Waals surface area contributed by atoms with Crippen LogP contribution in [-0.4, -0.2) is 5.91 Å². The zero-order chi connectivity index (χ0) is 13.5. The Bertz CT molecular complexity index is 480. The zero-order valence-electron chi connectivity index (χ0n) is 10.1. The maximum Gasteiger partial charge on any atom is 0.416 e. The van der Waals surface area contributed by atoms with Crippen LogP contribution in [-0.2, 0) is 11.0 Å². The number of fused-ring (bicyclic) bond motifs is 1. The Morgan fingerprint density at radius 3 is 2.56 bits per heavy atom. The van der Waals surface area contributed by atoms with E-state index >= 15 is 0 Å². The second-order valence-corrected chi connectivity index (χ2v) is 4.97. The van der Waals surface area contributed by atoms with Gasteiger partial charge < -0.3 is 5.32 Å². The van der Waals surface area contributed by atoms with Gasteiger partial charge in [0.2, 0.25) is 5.91 Å². The molecule has 1 atom stereocenters. The second kappa shape index (κ2) is 4.30. The summed E-state index contributed by atoms with van der Waals surface area (Å²) >= 11 is 0. The van der Waals surface area contributed by atoms with Gasteiger partial charge in [-0.1, -0.05) is 13.8 Å². The van der Waals surface area contributed by atoms with E-state index in [9.17, 15) is 18.0 Å². The predicted molar refractivity (Wildman–Crippen MR) is 62.3 cm³/mol. The fourth-order valence-electron chi connectivity index (χ4n) is 2.21. The minimum absolute atomic E-state index is 0.210. The van der Waals surface area contributed by atoms with Gasteiger partial charge in [0.1, 0.15) is 0 Å². The van der Waals surface area contributed by atoms with E-state index in [-0.39, 0.29) is 11.8 Å². The second-order valence-electron chi connectivity index (χ2n) is 4.97. The van der Waals surface area contributed by atoms with Crippen LogP contribution >= 0.6 is 0 Å². The summed E-state index contributed by atoms with van der Waals surface area (Å²) in [5.74, 6) is -0.429. The summed E-state index contributed by atoms with van der Waals surface area (Å²) in [7, 11) is 0. The lowest BCUT2D eigenvalue weighted by Crippen LogP contribution is -2.14. The Kier molecular flexibility index (Phi) is 3.09. The van der Waals surface area contributed by atoms with E-state index in [1.165, 1.54) is 6.07 Å². The van der Waals surface area contributed by atoms with Crippen LogP contribution < -0.4 is 5.32 Å². The van der Waals surface area contributed by atoms with E-state index in [0.29, 0.717) is 17.7 Å². The van der Waals surface area contributed by atoms with E-state index in [1.807, 2.05) is 13.8 Å². The molecule has 0 saturated carbocycles. The molecule has 98 valence electrons. The molecule has 1 heterocycles. The average molecular weight is 257 g/mol. The number of rotatable bonds is 2. The van der Waals surface area contributed by atoms with Crippen LogP contribution in [0.4, 0.5) is 18.9 Å². The molecule has 1 unspecified atom stereocenters. The van der Waals surface area contributed by atoms with Crippen LogP contribution in [0.1, 0.15) is 37.3 Å². The Morgan fingerprint density at radius 1 is 1.33 bits per heavy atom. The number of hydrogen-bond donors (Lipinski definition) is 1. The lowest BCUT2D eigenvalue weighted by Gasteiger charge is -2.13. The fourth-order valence-corrected chi connectivity index (χ4v) is 2.21. The van der Waals surface area contributed by atoms with Gasteiger partial charge in [-0.25, -0.2) is 0 Å². The van der Waals surface area contributed by atoms with Crippen molar-refractivity contribution in [3.05, 3.63) is 29.3 Å². The van der Waals surface area contributed by atoms with Crippen molar-refractivity contribution in [3.8, 4) is 0 Å². The van der Waals surface area contributed by atoms with Gasteiger partial charge in [0.15, 0.2) is 0 Å². The molecule has 0 aliphatic carbocycles. The number of carbonyl (C=O) groups excluding carboxylic acids is 1. The number of halogens is 3. The number of hydrogen-bond acceptors (Lipinski definition) is 1. The van der Waals surface area contributed by atoms with Gasteiger partial charge in [-0.05, 0) is 36.1 Å². The Labute approximate surface area is 103 Å². The molecular formula is C13H14F3NO. The Morgan fingerprint density at radius 2 is 2.00 bits per heavy atom. The van der Waals surface area contributed by atoms with Gasteiger partial charge in [0, 0.05) is 5.69 Å². The summed E-state index contributed by atoms with van der Waals surface area (Å²) in [5.41, 5.74) is 0.258. The van der Waals surface area contributed by atoms with Crippen molar-refractivity contribution in [2.75, 3.05) is 5.32 Å². The highest BCUT2D eigenvalue weighted by Crippen LogP contribution is 2.40. The molecule has 0 aromatic heterocycles. The lowest BCUT2D eigenvalue weighted by atomic mass is 9.90. The molecule has 2 nitrogen and oxygen atoms in total. The summed E-state index contributed by atoms with van der Waals surface area (Å²) in [6.07, 6.45) is -3.82. The van der Waals surface area contributed by atoms with Crippen LogP contribution in [0.5, 0.6) is 0 Å². The minimum atomic E-state index is -4.37. The Hall–Kier alpha value is -1.52. The number of benzene rings is 1. The van der Waals surface area contributed by atoms with Gasteiger partial charge >= 0.3 is 6.18 Å². The first-order valence-electron chi connectivity index (χ1n) is 5.81. The van der Waals surface area contributed by atoms with Crippen molar-refractivity contribution in [2.45, 2.75) is 32.4 Å². The van der Waals surface area contributed by atoms with Gasteiger partial charge in [-0.2, -0.15) is 13.2 Å². The summed E-state index contributed by atoms with van der Waals surface area (Å²) in [6, 6.07) is 3.41. The van der Waals surface area contributed by atoms with E-state index in [2.05, 4.69) is 5.32 Å². The topological polar surface area (TPSA) is 29.1 Å². The van der Waals surface area contributed by atoms with Crippen LogP contribution in [0.3, 0.4) is 0 Å². The molecule has 1 aromatic rings. The first-order chi connectivity index (χ1) is 8.29. The highest BCUT2D eigenvalue weighted by atomic mass is 19.4. The first kappa shape index (κ1) is 12.9. The molecule has 2 rings (SSSR count). The van der Waals surface area contributed by atoms with Gasteiger partial charge in [-0.15, -0.1) is 0 Å². The summed E-state index contributed by atoms with van der Waals surface area (Å²) in [4.78, 5) is 11.7. The molecule has 5 heteroatoms. The highest BCUT2D eigenvalue weighted by molar-refractivity contribution is 6.02. The molecule has 0 saturated heterocycles. The van der Waals surface area contributed by atoms with Crippen LogP contribution in [0.15, 0.2) is 18.2 Å². The monoisotopic (exact) mass is 257 g/mol. The van der Waals surface area contributed by atoms with Gasteiger partial charge in [-0.3, -0.25) is 4.79 Å². The van der Waals surface area contributed by atoms with Crippen molar-refractivity contribution in [1.82, 2.24) is 0 Å². The third-order valence-corrected chi connectivity index (χ3v) is 3.04. The minimum Gasteiger partial charge on any atom is -0.325 e. The van der Waals surface area contributed by atoms with Crippen LogP contribution in [0.25, 0.3) is 0 Å². The summed E-state index contributed by atoms with van der Waals surface area (Å²) in [5, 5.41) is 2.63. The number of anilines is 1. The molecular weight excluding hydrogens is 243 g/mol. The third-order valence-electron chi connectivity index (χ3n) is 3.04. The first-order valence-corrected chi connectivity index (χ1v) is 5.81. The third kappa shape index (κ3) is 2.35. The molecule has 0 fully saturated rings. The van der Waals surface area contributed by atoms with Gasteiger partial charge in [0.25, 0.3) is 0 Å². The molecule has 1 amide bonds. The van der Waals surface area contributed by atoms with E-state index in [4.69, 9.17) is 0 Å². The van der Waals surface area contributed by atoms with E-state index < -0.39 is 17.7 Å². The molecule has 1 aliphatic heterocycles. The number of nitrogens with one attached hydrogen (secondary N) is 1. The highest BCUT2D eigenvalue weighted by Gasteiger charge is 2.36. The molecule has 18 heavy (non-hydrogen) atoms. The van der Waals surface area contributed by atoms with E-state index in [1.54, 1.807) is 0 Å².